The number of rotatable bonds is 6. The first-order valence-electron chi connectivity index (χ1n) is 5.56. The molecular weight excluding hydrogens is 236 g/mol. The highest BCUT2D eigenvalue weighted by Crippen LogP contribution is 2.13. The largest absolute Gasteiger partial charge is 0.406 e. The van der Waals surface area contributed by atoms with Gasteiger partial charge in [0, 0.05) is 11.4 Å². The first-order chi connectivity index (χ1) is 8.29. The van der Waals surface area contributed by atoms with E-state index in [4.69, 9.17) is 4.42 Å². The Kier molecular flexibility index (Phi) is 4.11. The summed E-state index contributed by atoms with van der Waals surface area (Å²) in [6.07, 6.45) is 0.969. The van der Waals surface area contributed by atoms with Crippen LogP contribution in [-0.2, 0) is 6.42 Å². The summed E-state index contributed by atoms with van der Waals surface area (Å²) in [6.45, 7) is 2.78. The average Bonchev–Trinajstić information content (AvgIpc) is 2.99. The van der Waals surface area contributed by atoms with Crippen LogP contribution in [0, 0.1) is 0 Å². The Balaban J connectivity index is 1.81. The van der Waals surface area contributed by atoms with E-state index in [0.29, 0.717) is 11.9 Å². The molecule has 2 heterocycles. The molecule has 0 spiro atoms. The van der Waals surface area contributed by atoms with Crippen LogP contribution in [0.5, 0.6) is 0 Å². The number of aromatic nitrogens is 2. The second kappa shape index (κ2) is 5.79. The number of hydrogen-bond acceptors (Lipinski definition) is 6. The molecule has 0 aromatic carbocycles. The van der Waals surface area contributed by atoms with Crippen LogP contribution >= 0.6 is 11.3 Å². The number of thiophene rings is 1. The molecule has 1 unspecified atom stereocenters. The summed E-state index contributed by atoms with van der Waals surface area (Å²) in [7, 11) is 1.86. The third kappa shape index (κ3) is 3.28. The highest BCUT2D eigenvalue weighted by molar-refractivity contribution is 7.09. The lowest BCUT2D eigenvalue weighted by Gasteiger charge is -2.02. The molecule has 0 aliphatic heterocycles. The van der Waals surface area contributed by atoms with Crippen molar-refractivity contribution in [3.8, 4) is 0 Å². The van der Waals surface area contributed by atoms with Gasteiger partial charge in [-0.2, -0.15) is 0 Å². The van der Waals surface area contributed by atoms with Crippen LogP contribution in [-0.4, -0.2) is 23.8 Å². The smallest absolute Gasteiger partial charge is 0.315 e. The van der Waals surface area contributed by atoms with Crippen molar-refractivity contribution in [3.63, 3.8) is 0 Å². The SMILES string of the molecule is CNC(C)c1nnc(NCCc2cccs2)o1. The summed E-state index contributed by atoms with van der Waals surface area (Å²) in [6, 6.07) is 4.74. The van der Waals surface area contributed by atoms with Crippen LogP contribution in [0.3, 0.4) is 0 Å². The second-order valence-corrected chi connectivity index (χ2v) is 4.74. The average molecular weight is 252 g/mol. The molecule has 0 saturated carbocycles. The Morgan fingerprint density at radius 2 is 2.35 bits per heavy atom. The molecule has 1 atom stereocenters. The quantitative estimate of drug-likeness (QED) is 0.824. The minimum Gasteiger partial charge on any atom is -0.406 e. The molecule has 2 N–H and O–H groups in total. The molecule has 0 amide bonds. The lowest BCUT2D eigenvalue weighted by molar-refractivity contribution is 0.441. The van der Waals surface area contributed by atoms with Crippen LogP contribution in [0.1, 0.15) is 23.7 Å². The molecule has 0 bridgehead atoms. The lowest BCUT2D eigenvalue weighted by Crippen LogP contribution is -2.12. The minimum absolute atomic E-state index is 0.0790. The molecule has 6 heteroatoms. The third-order valence-corrected chi connectivity index (χ3v) is 3.41. The van der Waals surface area contributed by atoms with Gasteiger partial charge in [0.1, 0.15) is 0 Å². The van der Waals surface area contributed by atoms with Crippen molar-refractivity contribution in [2.75, 3.05) is 18.9 Å². The molecule has 0 aliphatic carbocycles. The van der Waals surface area contributed by atoms with Crippen molar-refractivity contribution in [1.29, 1.82) is 0 Å². The van der Waals surface area contributed by atoms with E-state index >= 15 is 0 Å². The van der Waals surface area contributed by atoms with Crippen molar-refractivity contribution in [1.82, 2.24) is 15.5 Å². The van der Waals surface area contributed by atoms with Crippen molar-refractivity contribution in [3.05, 3.63) is 28.3 Å². The predicted octanol–water partition coefficient (Wildman–Crippen LogP) is 2.07. The maximum Gasteiger partial charge on any atom is 0.315 e. The van der Waals surface area contributed by atoms with Crippen LogP contribution in [0.15, 0.2) is 21.9 Å². The normalized spacial score (nSPS) is 12.6. The number of hydrogen-bond donors (Lipinski definition) is 2. The summed E-state index contributed by atoms with van der Waals surface area (Å²) in [5.74, 6) is 0.603. The van der Waals surface area contributed by atoms with E-state index in [1.54, 1.807) is 11.3 Å². The van der Waals surface area contributed by atoms with E-state index < -0.39 is 0 Å². The zero-order valence-electron chi connectivity index (χ0n) is 9.93. The van der Waals surface area contributed by atoms with E-state index in [0.717, 1.165) is 13.0 Å². The topological polar surface area (TPSA) is 63.0 Å². The zero-order chi connectivity index (χ0) is 12.1. The first-order valence-corrected chi connectivity index (χ1v) is 6.44. The van der Waals surface area contributed by atoms with Crippen molar-refractivity contribution in [2.24, 2.45) is 0 Å². The fourth-order valence-electron chi connectivity index (χ4n) is 1.35. The monoisotopic (exact) mass is 252 g/mol. The molecule has 2 aromatic rings. The van der Waals surface area contributed by atoms with Gasteiger partial charge < -0.3 is 15.1 Å². The number of nitrogens with zero attached hydrogens (tertiary/aromatic N) is 2. The third-order valence-electron chi connectivity index (χ3n) is 2.47. The van der Waals surface area contributed by atoms with Crippen LogP contribution in [0.25, 0.3) is 0 Å². The maximum atomic E-state index is 5.46. The lowest BCUT2D eigenvalue weighted by atomic mass is 10.3. The summed E-state index contributed by atoms with van der Waals surface area (Å²) >= 11 is 1.76. The molecule has 0 fully saturated rings. The predicted molar refractivity (Wildman–Crippen MR) is 68.3 cm³/mol. The Morgan fingerprint density at radius 3 is 3.06 bits per heavy atom. The van der Waals surface area contributed by atoms with Gasteiger partial charge in [0.2, 0.25) is 5.89 Å². The Bertz CT molecular complexity index is 440. The van der Waals surface area contributed by atoms with E-state index in [2.05, 4.69) is 38.3 Å². The molecule has 2 aromatic heterocycles. The fraction of sp³-hybridized carbons (Fsp3) is 0.455. The molecule has 5 nitrogen and oxygen atoms in total. The van der Waals surface area contributed by atoms with Gasteiger partial charge in [-0.15, -0.1) is 16.4 Å². The van der Waals surface area contributed by atoms with Gasteiger partial charge in [-0.3, -0.25) is 0 Å². The van der Waals surface area contributed by atoms with Gasteiger partial charge in [-0.05, 0) is 31.8 Å². The molecule has 0 aliphatic rings. The molecule has 92 valence electrons. The standard InChI is InChI=1S/C11H16N4OS/c1-8(12-2)10-14-15-11(16-10)13-6-5-9-4-3-7-17-9/h3-4,7-8,12H,5-6H2,1-2H3,(H,13,15). The Hall–Kier alpha value is -1.40. The minimum atomic E-state index is 0.0790. The van der Waals surface area contributed by atoms with Gasteiger partial charge in [-0.1, -0.05) is 11.2 Å². The van der Waals surface area contributed by atoms with E-state index in [-0.39, 0.29) is 6.04 Å². The van der Waals surface area contributed by atoms with Crippen molar-refractivity contribution >= 4 is 17.4 Å². The van der Waals surface area contributed by atoms with E-state index in [1.165, 1.54) is 4.88 Å². The van der Waals surface area contributed by atoms with Gasteiger partial charge in [-0.25, -0.2) is 0 Å². The summed E-state index contributed by atoms with van der Waals surface area (Å²) < 4.78 is 5.46. The van der Waals surface area contributed by atoms with Gasteiger partial charge in [0.05, 0.1) is 6.04 Å². The second-order valence-electron chi connectivity index (χ2n) is 3.71. The highest BCUT2D eigenvalue weighted by Gasteiger charge is 2.11. The Labute approximate surface area is 104 Å². The van der Waals surface area contributed by atoms with Gasteiger partial charge in [0.15, 0.2) is 0 Å². The maximum absolute atomic E-state index is 5.46. The molecule has 0 radical (unpaired) electrons. The summed E-state index contributed by atoms with van der Waals surface area (Å²) in [4.78, 5) is 1.35. The highest BCUT2D eigenvalue weighted by atomic mass is 32.1. The first kappa shape index (κ1) is 12.1. The van der Waals surface area contributed by atoms with Gasteiger partial charge in [0.25, 0.3) is 0 Å². The van der Waals surface area contributed by atoms with Crippen LogP contribution in [0.2, 0.25) is 0 Å². The van der Waals surface area contributed by atoms with E-state index in [9.17, 15) is 0 Å². The molecule has 17 heavy (non-hydrogen) atoms. The van der Waals surface area contributed by atoms with Crippen molar-refractivity contribution in [2.45, 2.75) is 19.4 Å². The number of anilines is 1. The van der Waals surface area contributed by atoms with Gasteiger partial charge >= 0.3 is 6.01 Å². The zero-order valence-corrected chi connectivity index (χ0v) is 10.8. The fourth-order valence-corrected chi connectivity index (χ4v) is 2.06. The van der Waals surface area contributed by atoms with E-state index in [1.807, 2.05) is 14.0 Å². The summed E-state index contributed by atoms with van der Waals surface area (Å²) in [5, 5.41) is 16.2. The van der Waals surface area contributed by atoms with Crippen LogP contribution in [0.4, 0.5) is 6.01 Å². The van der Waals surface area contributed by atoms with Crippen molar-refractivity contribution < 1.29 is 4.42 Å². The molecule has 0 saturated heterocycles. The van der Waals surface area contributed by atoms with Crippen LogP contribution < -0.4 is 10.6 Å². The molecule has 2 rings (SSSR count). The Morgan fingerprint density at radius 1 is 1.47 bits per heavy atom. The number of nitrogens with one attached hydrogen (secondary N) is 2. The molecular formula is C11H16N4OS. The summed E-state index contributed by atoms with van der Waals surface area (Å²) in [5.41, 5.74) is 0.